The molecule has 2 aliphatic carbocycles. The maximum absolute atomic E-state index is 11.0. The van der Waals surface area contributed by atoms with Crippen molar-refractivity contribution < 1.29 is 9.53 Å². The van der Waals surface area contributed by atoms with Crippen LogP contribution >= 0.6 is 0 Å². The molecule has 1 N–H and O–H groups in total. The van der Waals surface area contributed by atoms with Crippen molar-refractivity contribution in [3.05, 3.63) is 23.3 Å². The molecular weight excluding hydrogens is 312 g/mol. The first-order valence-corrected chi connectivity index (χ1v) is 12.4. The molecule has 0 heterocycles. The van der Waals surface area contributed by atoms with Crippen LogP contribution in [0.4, 0.5) is 0 Å². The van der Waals surface area contributed by atoms with Gasteiger partial charge >= 0.3 is 0 Å². The monoisotopic (exact) mass is 350 g/mol. The zero-order valence-corrected chi connectivity index (χ0v) is 18.1. The van der Waals surface area contributed by atoms with Gasteiger partial charge in [-0.1, -0.05) is 45.4 Å². The molecule has 0 radical (unpaired) electrons. The SMILES string of the molecule is C=C(C)C1CCC2(C)CC(O[Si](C)(C)C(C)(C)C)C(O)C(C)=C2C1. The standard InChI is InChI=1S/C21H38O2Si/c1-14(2)16-10-11-21(7)13-18(19(22)15(3)17(21)12-16)23-24(8,9)20(4,5)6/h16,18-19,22H,1,10-13H2,2-9H3. The molecule has 2 nitrogen and oxygen atoms in total. The lowest BCUT2D eigenvalue weighted by Gasteiger charge is -2.50. The highest BCUT2D eigenvalue weighted by atomic mass is 28.4. The molecule has 3 heteroatoms. The summed E-state index contributed by atoms with van der Waals surface area (Å²) in [5.41, 5.74) is 4.11. The topological polar surface area (TPSA) is 29.5 Å². The van der Waals surface area contributed by atoms with Gasteiger partial charge in [-0.15, -0.1) is 0 Å². The van der Waals surface area contributed by atoms with Gasteiger partial charge in [0.2, 0.25) is 0 Å². The first-order valence-electron chi connectivity index (χ1n) is 9.50. The van der Waals surface area contributed by atoms with Crippen molar-refractivity contribution in [1.82, 2.24) is 0 Å². The van der Waals surface area contributed by atoms with Crippen LogP contribution in [-0.2, 0) is 4.43 Å². The van der Waals surface area contributed by atoms with E-state index in [2.05, 4.69) is 61.2 Å². The van der Waals surface area contributed by atoms with E-state index in [1.165, 1.54) is 29.6 Å². The third kappa shape index (κ3) is 3.59. The van der Waals surface area contributed by atoms with Crippen LogP contribution in [0.2, 0.25) is 18.1 Å². The normalized spacial score (nSPS) is 35.0. The molecule has 1 saturated carbocycles. The predicted molar refractivity (Wildman–Crippen MR) is 106 cm³/mol. The van der Waals surface area contributed by atoms with Gasteiger partial charge in [-0.05, 0) is 74.6 Å². The average Bonchev–Trinajstić information content (AvgIpc) is 2.42. The van der Waals surface area contributed by atoms with Crippen LogP contribution < -0.4 is 0 Å². The second-order valence-electron chi connectivity index (χ2n) is 10.1. The lowest BCUT2D eigenvalue weighted by molar-refractivity contribution is 0.00171. The highest BCUT2D eigenvalue weighted by molar-refractivity contribution is 6.74. The summed E-state index contributed by atoms with van der Waals surface area (Å²) in [4.78, 5) is 0. The fourth-order valence-corrected chi connectivity index (χ4v) is 5.52. The minimum atomic E-state index is -1.88. The van der Waals surface area contributed by atoms with Crippen molar-refractivity contribution in [1.29, 1.82) is 0 Å². The Kier molecular flexibility index (Phi) is 5.32. The van der Waals surface area contributed by atoms with E-state index in [4.69, 9.17) is 4.43 Å². The minimum Gasteiger partial charge on any atom is -0.411 e. The van der Waals surface area contributed by atoms with Gasteiger partial charge < -0.3 is 9.53 Å². The Bertz CT molecular complexity index is 541. The second kappa shape index (κ2) is 6.41. The van der Waals surface area contributed by atoms with E-state index in [-0.39, 0.29) is 16.6 Å². The van der Waals surface area contributed by atoms with Gasteiger partial charge in [0.1, 0.15) is 0 Å². The quantitative estimate of drug-likeness (QED) is 0.512. The summed E-state index contributed by atoms with van der Waals surface area (Å²) in [6.07, 6.45) is 3.91. The van der Waals surface area contributed by atoms with Gasteiger partial charge in [-0.25, -0.2) is 0 Å². The molecule has 0 aliphatic heterocycles. The molecule has 138 valence electrons. The molecule has 2 aliphatic rings. The Balaban J connectivity index is 2.29. The van der Waals surface area contributed by atoms with E-state index in [0.717, 1.165) is 12.8 Å². The summed E-state index contributed by atoms with van der Waals surface area (Å²) < 4.78 is 6.65. The summed E-state index contributed by atoms with van der Waals surface area (Å²) in [6.45, 7) is 22.2. The molecule has 0 saturated heterocycles. The smallest absolute Gasteiger partial charge is 0.192 e. The number of aliphatic hydroxyl groups is 1. The summed E-state index contributed by atoms with van der Waals surface area (Å²) in [6, 6.07) is 0. The van der Waals surface area contributed by atoms with Crippen molar-refractivity contribution >= 4 is 8.32 Å². The van der Waals surface area contributed by atoms with Crippen molar-refractivity contribution in [2.45, 2.75) is 97.6 Å². The molecule has 4 unspecified atom stereocenters. The van der Waals surface area contributed by atoms with E-state index in [1.54, 1.807) is 0 Å². The highest BCUT2D eigenvalue weighted by Gasteiger charge is 2.48. The molecule has 0 bridgehead atoms. The van der Waals surface area contributed by atoms with E-state index < -0.39 is 14.4 Å². The van der Waals surface area contributed by atoms with Crippen LogP contribution in [-0.4, -0.2) is 25.6 Å². The third-order valence-electron chi connectivity index (χ3n) is 7.10. The molecule has 1 fully saturated rings. The molecule has 0 amide bonds. The Labute approximate surface area is 150 Å². The Morgan fingerprint density at radius 3 is 2.42 bits per heavy atom. The van der Waals surface area contributed by atoms with Crippen molar-refractivity contribution in [3.63, 3.8) is 0 Å². The van der Waals surface area contributed by atoms with E-state index in [0.29, 0.717) is 5.92 Å². The van der Waals surface area contributed by atoms with Gasteiger partial charge in [-0.3, -0.25) is 0 Å². The van der Waals surface area contributed by atoms with E-state index in [1.807, 2.05) is 0 Å². The molecular formula is C21H38O2Si. The zero-order chi connectivity index (χ0) is 18.5. The number of allylic oxidation sites excluding steroid dienone is 2. The first-order chi connectivity index (χ1) is 10.8. The predicted octanol–water partition coefficient (Wildman–Crippen LogP) is 5.84. The van der Waals surface area contributed by atoms with Crippen molar-refractivity contribution in [2.24, 2.45) is 11.3 Å². The van der Waals surface area contributed by atoms with Gasteiger partial charge in [0.15, 0.2) is 8.32 Å². The molecule has 0 aromatic heterocycles. The number of hydrogen-bond donors (Lipinski definition) is 1. The molecule has 4 atom stereocenters. The van der Waals surface area contributed by atoms with Crippen LogP contribution in [0.3, 0.4) is 0 Å². The van der Waals surface area contributed by atoms with E-state index >= 15 is 0 Å². The zero-order valence-electron chi connectivity index (χ0n) is 17.1. The highest BCUT2D eigenvalue weighted by Crippen LogP contribution is 2.53. The summed E-state index contributed by atoms with van der Waals surface area (Å²) in [7, 11) is -1.88. The lowest BCUT2D eigenvalue weighted by atomic mass is 9.60. The fraction of sp³-hybridized carbons (Fsp3) is 0.810. The number of hydrogen-bond acceptors (Lipinski definition) is 2. The van der Waals surface area contributed by atoms with Crippen molar-refractivity contribution in [2.75, 3.05) is 0 Å². The molecule has 0 aromatic rings. The van der Waals surface area contributed by atoms with Crippen LogP contribution in [0.1, 0.15) is 67.2 Å². The summed E-state index contributed by atoms with van der Waals surface area (Å²) >= 11 is 0. The molecule has 2 rings (SSSR count). The molecule has 24 heavy (non-hydrogen) atoms. The van der Waals surface area contributed by atoms with Crippen LogP contribution in [0.5, 0.6) is 0 Å². The lowest BCUT2D eigenvalue weighted by Crippen LogP contribution is -2.51. The van der Waals surface area contributed by atoms with Crippen LogP contribution in [0, 0.1) is 11.3 Å². The molecule has 0 spiro atoms. The van der Waals surface area contributed by atoms with Gasteiger partial charge in [0.25, 0.3) is 0 Å². The summed E-state index contributed by atoms with van der Waals surface area (Å²) in [5.74, 6) is 0.577. The Hall–Kier alpha value is -0.383. The Morgan fingerprint density at radius 1 is 1.33 bits per heavy atom. The Morgan fingerprint density at radius 2 is 1.92 bits per heavy atom. The molecule has 0 aromatic carbocycles. The van der Waals surface area contributed by atoms with Crippen molar-refractivity contribution in [3.8, 4) is 0 Å². The van der Waals surface area contributed by atoms with Gasteiger partial charge in [0.05, 0.1) is 12.2 Å². The van der Waals surface area contributed by atoms with Crippen LogP contribution in [0.25, 0.3) is 0 Å². The average molecular weight is 351 g/mol. The van der Waals surface area contributed by atoms with Gasteiger partial charge in [-0.2, -0.15) is 0 Å². The minimum absolute atomic E-state index is 0.0546. The maximum Gasteiger partial charge on any atom is 0.192 e. The number of rotatable bonds is 3. The third-order valence-corrected chi connectivity index (χ3v) is 11.6. The van der Waals surface area contributed by atoms with E-state index in [9.17, 15) is 5.11 Å². The number of aliphatic hydroxyl groups excluding tert-OH is 1. The van der Waals surface area contributed by atoms with Gasteiger partial charge in [0, 0.05) is 0 Å². The maximum atomic E-state index is 11.0. The first kappa shape index (κ1) is 19.9. The number of fused-ring (bicyclic) bond motifs is 1. The second-order valence-corrected chi connectivity index (χ2v) is 14.8. The van der Waals surface area contributed by atoms with Crippen LogP contribution in [0.15, 0.2) is 23.3 Å². The largest absolute Gasteiger partial charge is 0.411 e. The summed E-state index contributed by atoms with van der Waals surface area (Å²) in [5, 5.41) is 11.1. The fourth-order valence-electron chi connectivity index (χ4n) is 4.20.